The number of hydrogen-bond acceptors (Lipinski definition) is 1. The molecular formula is C12H8ClIS. The van der Waals surface area contributed by atoms with E-state index in [4.69, 9.17) is 11.6 Å². The zero-order valence-corrected chi connectivity index (χ0v) is 11.5. The summed E-state index contributed by atoms with van der Waals surface area (Å²) in [6.45, 7) is 0. The van der Waals surface area contributed by atoms with Crippen LogP contribution in [0.4, 0.5) is 0 Å². The zero-order valence-electron chi connectivity index (χ0n) is 7.78. The van der Waals surface area contributed by atoms with Gasteiger partial charge in [0.15, 0.2) is 0 Å². The van der Waals surface area contributed by atoms with E-state index in [9.17, 15) is 0 Å². The minimum absolute atomic E-state index is 0.783. The summed E-state index contributed by atoms with van der Waals surface area (Å²) in [5.74, 6) is 0. The summed E-state index contributed by atoms with van der Waals surface area (Å²) in [6.07, 6.45) is 0. The van der Waals surface area contributed by atoms with Crippen LogP contribution in [0.1, 0.15) is 0 Å². The fourth-order valence-electron chi connectivity index (χ4n) is 1.18. The Morgan fingerprint density at radius 2 is 1.80 bits per heavy atom. The summed E-state index contributed by atoms with van der Waals surface area (Å²) in [4.78, 5) is 2.44. The van der Waals surface area contributed by atoms with E-state index >= 15 is 0 Å². The summed E-state index contributed by atoms with van der Waals surface area (Å²) in [5, 5.41) is 0.783. The van der Waals surface area contributed by atoms with E-state index < -0.39 is 0 Å². The van der Waals surface area contributed by atoms with Crippen LogP contribution in [0.2, 0.25) is 5.02 Å². The Morgan fingerprint density at radius 1 is 1.00 bits per heavy atom. The van der Waals surface area contributed by atoms with Gasteiger partial charge >= 0.3 is 0 Å². The molecule has 2 aromatic rings. The molecule has 2 aromatic carbocycles. The van der Waals surface area contributed by atoms with E-state index in [0.29, 0.717) is 0 Å². The van der Waals surface area contributed by atoms with Crippen molar-refractivity contribution in [2.45, 2.75) is 9.79 Å². The highest BCUT2D eigenvalue weighted by molar-refractivity contribution is 14.1. The van der Waals surface area contributed by atoms with Gasteiger partial charge in [-0.25, -0.2) is 0 Å². The zero-order chi connectivity index (χ0) is 10.7. The lowest BCUT2D eigenvalue weighted by Crippen LogP contribution is -1.78. The predicted octanol–water partition coefficient (Wildman–Crippen LogP) is 5.10. The Bertz CT molecular complexity index is 471. The monoisotopic (exact) mass is 346 g/mol. The Morgan fingerprint density at radius 3 is 2.53 bits per heavy atom. The van der Waals surface area contributed by atoms with Gasteiger partial charge in [-0.2, -0.15) is 0 Å². The molecule has 0 aromatic heterocycles. The van der Waals surface area contributed by atoms with E-state index in [1.54, 1.807) is 11.8 Å². The molecule has 0 amide bonds. The lowest BCUT2D eigenvalue weighted by Gasteiger charge is -2.03. The molecule has 2 rings (SSSR count). The van der Waals surface area contributed by atoms with Crippen molar-refractivity contribution in [3.63, 3.8) is 0 Å². The molecule has 0 radical (unpaired) electrons. The number of halogens is 2. The first-order valence-corrected chi connectivity index (χ1v) is 6.71. The molecule has 0 aliphatic heterocycles. The normalized spacial score (nSPS) is 10.3. The van der Waals surface area contributed by atoms with Crippen LogP contribution in [-0.4, -0.2) is 0 Å². The molecule has 0 atom stereocenters. The molecule has 0 N–H and O–H groups in total. The molecule has 0 fully saturated rings. The molecule has 0 bridgehead atoms. The fourth-order valence-corrected chi connectivity index (χ4v) is 3.06. The second kappa shape index (κ2) is 5.23. The second-order valence-corrected chi connectivity index (χ2v) is 5.70. The van der Waals surface area contributed by atoms with Gasteiger partial charge in [0.2, 0.25) is 0 Å². The van der Waals surface area contributed by atoms with Crippen molar-refractivity contribution >= 4 is 46.0 Å². The third-order valence-corrected chi connectivity index (χ3v) is 4.47. The third kappa shape index (κ3) is 3.13. The molecule has 0 nitrogen and oxygen atoms in total. The van der Waals surface area contributed by atoms with Gasteiger partial charge in [-0.3, -0.25) is 0 Å². The third-order valence-electron chi connectivity index (χ3n) is 1.86. The SMILES string of the molecule is Clc1cccc(Sc2ccccc2I)c1. The van der Waals surface area contributed by atoms with E-state index in [1.807, 2.05) is 24.3 Å². The molecule has 0 aliphatic rings. The van der Waals surface area contributed by atoms with E-state index in [0.717, 1.165) is 5.02 Å². The Balaban J connectivity index is 2.26. The lowest BCUT2D eigenvalue weighted by atomic mass is 10.4. The highest BCUT2D eigenvalue weighted by atomic mass is 127. The molecular weight excluding hydrogens is 339 g/mol. The molecule has 0 aliphatic carbocycles. The van der Waals surface area contributed by atoms with Crippen molar-refractivity contribution in [2.75, 3.05) is 0 Å². The Labute approximate surface area is 112 Å². The summed E-state index contributed by atoms with van der Waals surface area (Å²) < 4.78 is 1.26. The van der Waals surface area contributed by atoms with Crippen molar-refractivity contribution in [2.24, 2.45) is 0 Å². The molecule has 0 spiro atoms. The van der Waals surface area contributed by atoms with E-state index in [-0.39, 0.29) is 0 Å². The summed E-state index contributed by atoms with van der Waals surface area (Å²) in [7, 11) is 0. The van der Waals surface area contributed by atoms with Crippen LogP contribution in [0.15, 0.2) is 58.3 Å². The summed E-state index contributed by atoms with van der Waals surface area (Å²) in [6, 6.07) is 16.2. The largest absolute Gasteiger partial charge is 0.0889 e. The Kier molecular flexibility index (Phi) is 3.94. The van der Waals surface area contributed by atoms with Crippen molar-refractivity contribution in [1.82, 2.24) is 0 Å². The van der Waals surface area contributed by atoms with Gasteiger partial charge in [0, 0.05) is 18.4 Å². The maximum absolute atomic E-state index is 5.94. The predicted molar refractivity (Wildman–Crippen MR) is 74.7 cm³/mol. The maximum atomic E-state index is 5.94. The van der Waals surface area contributed by atoms with E-state index in [1.165, 1.54) is 13.4 Å². The molecule has 0 saturated carbocycles. The van der Waals surface area contributed by atoms with Gasteiger partial charge in [0.05, 0.1) is 0 Å². The Hall–Kier alpha value is -0.190. The average molecular weight is 347 g/mol. The van der Waals surface area contributed by atoms with Crippen LogP contribution in [0.5, 0.6) is 0 Å². The van der Waals surface area contributed by atoms with Gasteiger partial charge in [-0.05, 0) is 52.9 Å². The van der Waals surface area contributed by atoms with Crippen LogP contribution in [0, 0.1) is 3.57 Å². The highest BCUT2D eigenvalue weighted by Gasteiger charge is 2.01. The van der Waals surface area contributed by atoms with Gasteiger partial charge in [0.25, 0.3) is 0 Å². The number of benzene rings is 2. The number of rotatable bonds is 2. The highest BCUT2D eigenvalue weighted by Crippen LogP contribution is 2.32. The molecule has 0 heterocycles. The van der Waals surface area contributed by atoms with E-state index in [2.05, 4.69) is 46.9 Å². The molecule has 76 valence electrons. The van der Waals surface area contributed by atoms with Gasteiger partial charge < -0.3 is 0 Å². The molecule has 0 saturated heterocycles. The van der Waals surface area contributed by atoms with Crippen molar-refractivity contribution < 1.29 is 0 Å². The van der Waals surface area contributed by atoms with Gasteiger partial charge in [0.1, 0.15) is 0 Å². The minimum Gasteiger partial charge on any atom is -0.0889 e. The smallest absolute Gasteiger partial charge is 0.0417 e. The standard InChI is InChI=1S/C12H8ClIS/c13-9-4-3-5-10(8-9)15-12-7-2-1-6-11(12)14/h1-8H. The summed E-state index contributed by atoms with van der Waals surface area (Å²) in [5.41, 5.74) is 0. The van der Waals surface area contributed by atoms with Crippen LogP contribution >= 0.6 is 46.0 Å². The van der Waals surface area contributed by atoms with Crippen molar-refractivity contribution in [3.05, 3.63) is 57.1 Å². The van der Waals surface area contributed by atoms with Crippen molar-refractivity contribution in [3.8, 4) is 0 Å². The quantitative estimate of drug-likeness (QED) is 0.682. The lowest BCUT2D eigenvalue weighted by molar-refractivity contribution is 1.37. The summed E-state index contributed by atoms with van der Waals surface area (Å²) >= 11 is 10.0. The second-order valence-electron chi connectivity index (χ2n) is 2.99. The van der Waals surface area contributed by atoms with Crippen LogP contribution in [0.25, 0.3) is 0 Å². The van der Waals surface area contributed by atoms with Crippen LogP contribution in [-0.2, 0) is 0 Å². The molecule has 3 heteroatoms. The van der Waals surface area contributed by atoms with Gasteiger partial charge in [-0.1, -0.05) is 41.6 Å². The first-order valence-electron chi connectivity index (χ1n) is 4.43. The molecule has 0 unspecified atom stereocenters. The average Bonchev–Trinajstić information content (AvgIpc) is 2.22. The molecule has 15 heavy (non-hydrogen) atoms. The number of hydrogen-bond donors (Lipinski definition) is 0. The fraction of sp³-hybridized carbons (Fsp3) is 0. The minimum atomic E-state index is 0.783. The van der Waals surface area contributed by atoms with Crippen LogP contribution < -0.4 is 0 Å². The van der Waals surface area contributed by atoms with Crippen molar-refractivity contribution in [1.29, 1.82) is 0 Å². The maximum Gasteiger partial charge on any atom is 0.0417 e. The van der Waals surface area contributed by atoms with Crippen LogP contribution in [0.3, 0.4) is 0 Å². The topological polar surface area (TPSA) is 0 Å². The van der Waals surface area contributed by atoms with Gasteiger partial charge in [-0.15, -0.1) is 0 Å². The first kappa shape index (κ1) is 11.3. The first-order chi connectivity index (χ1) is 7.25.